The topological polar surface area (TPSA) is 104 Å². The second kappa shape index (κ2) is 7.25. The number of hydrogen-bond donors (Lipinski definition) is 2. The number of amides is 1. The van der Waals surface area contributed by atoms with Gasteiger partial charge in [0.25, 0.3) is 5.91 Å². The summed E-state index contributed by atoms with van der Waals surface area (Å²) in [6.45, 7) is 4.64. The van der Waals surface area contributed by atoms with E-state index in [9.17, 15) is 22.0 Å². The molecule has 0 radical (unpaired) electrons. The van der Waals surface area contributed by atoms with E-state index < -0.39 is 38.7 Å². The van der Waals surface area contributed by atoms with Crippen LogP contribution in [0.4, 0.5) is 8.78 Å². The van der Waals surface area contributed by atoms with E-state index in [1.807, 2.05) is 0 Å². The van der Waals surface area contributed by atoms with Crippen LogP contribution in [0, 0.1) is 11.3 Å². The smallest absolute Gasteiger partial charge is 0.268 e. The van der Waals surface area contributed by atoms with Gasteiger partial charge in [0.05, 0.1) is 5.54 Å². The van der Waals surface area contributed by atoms with Gasteiger partial charge in [-0.15, -0.1) is 0 Å². The van der Waals surface area contributed by atoms with Crippen molar-refractivity contribution >= 4 is 15.9 Å². The third-order valence-electron chi connectivity index (χ3n) is 4.05. The molecule has 1 aromatic heterocycles. The molecule has 0 aromatic carbocycles. The molecule has 0 aliphatic heterocycles. The molecule has 7 nitrogen and oxygen atoms in total. The molecule has 1 unspecified atom stereocenters. The molecule has 1 atom stereocenters. The highest BCUT2D eigenvalue weighted by Crippen LogP contribution is 2.34. The first-order chi connectivity index (χ1) is 12.4. The number of rotatable bonds is 5. The van der Waals surface area contributed by atoms with Crippen LogP contribution in [0.3, 0.4) is 0 Å². The third-order valence-corrected chi connectivity index (χ3v) is 5.67. The van der Waals surface area contributed by atoms with E-state index >= 15 is 0 Å². The van der Waals surface area contributed by atoms with Crippen molar-refractivity contribution in [1.29, 1.82) is 5.26 Å². The van der Waals surface area contributed by atoms with Crippen molar-refractivity contribution in [2.75, 3.05) is 0 Å². The molecule has 27 heavy (non-hydrogen) atoms. The number of nitriles is 1. The first kappa shape index (κ1) is 20.8. The predicted octanol–water partition coefficient (Wildman–Crippen LogP) is 2.20. The maximum absolute atomic E-state index is 14.5. The number of hydrogen-bond acceptors (Lipinski definition) is 4. The average molecular weight is 398 g/mol. The standard InChI is InChI=1S/C17H20F2N4O3S/c1-10(2)22-27(25,26)11-7-14(23(4)9-11)16(24)21-17(3)6-5-13(18)12(8-20)15(17)19/h5,7,9-10,22H,6H2,1-4H3,(H,21,24). The van der Waals surface area contributed by atoms with Crippen LogP contribution in [0.1, 0.15) is 37.7 Å². The lowest BCUT2D eigenvalue weighted by atomic mass is 9.88. The number of nitrogens with zero attached hydrogens (tertiary/aromatic N) is 2. The minimum atomic E-state index is -3.81. The van der Waals surface area contributed by atoms with Crippen LogP contribution >= 0.6 is 0 Å². The van der Waals surface area contributed by atoms with Crippen molar-refractivity contribution in [2.24, 2.45) is 7.05 Å². The Kier molecular flexibility index (Phi) is 5.58. The Morgan fingerprint density at radius 1 is 1.41 bits per heavy atom. The summed E-state index contributed by atoms with van der Waals surface area (Å²) in [6.07, 6.45) is 2.09. The Morgan fingerprint density at radius 3 is 2.59 bits per heavy atom. The van der Waals surface area contributed by atoms with Gasteiger partial charge in [-0.3, -0.25) is 4.79 Å². The second-order valence-electron chi connectivity index (χ2n) is 6.79. The van der Waals surface area contributed by atoms with Gasteiger partial charge in [0.1, 0.15) is 33.9 Å². The van der Waals surface area contributed by atoms with Crippen LogP contribution < -0.4 is 10.0 Å². The molecule has 2 N–H and O–H groups in total. The van der Waals surface area contributed by atoms with E-state index in [2.05, 4.69) is 10.0 Å². The van der Waals surface area contributed by atoms with E-state index in [0.29, 0.717) is 0 Å². The second-order valence-corrected chi connectivity index (χ2v) is 8.51. The molecule has 0 saturated heterocycles. The summed E-state index contributed by atoms with van der Waals surface area (Å²) in [5.41, 5.74) is -2.40. The highest BCUT2D eigenvalue weighted by molar-refractivity contribution is 7.89. The number of halogens is 2. The molecule has 1 aromatic rings. The Hall–Kier alpha value is -2.51. The lowest BCUT2D eigenvalue weighted by Crippen LogP contribution is -2.48. The van der Waals surface area contributed by atoms with Crippen LogP contribution in [0.2, 0.25) is 0 Å². The molecule has 10 heteroatoms. The van der Waals surface area contributed by atoms with Gasteiger partial charge in [-0.25, -0.2) is 21.9 Å². The van der Waals surface area contributed by atoms with E-state index in [-0.39, 0.29) is 23.1 Å². The SMILES string of the molecule is CC(C)NS(=O)(=O)c1cc(C(=O)NC2(C)CC=C(F)C(C#N)=C2F)n(C)c1. The monoisotopic (exact) mass is 398 g/mol. The summed E-state index contributed by atoms with van der Waals surface area (Å²) in [6, 6.07) is 2.27. The molecule has 0 fully saturated rings. The number of allylic oxidation sites excluding steroid dienone is 2. The average Bonchev–Trinajstić information content (AvgIpc) is 2.94. The van der Waals surface area contributed by atoms with Crippen molar-refractivity contribution < 1.29 is 22.0 Å². The molecule has 1 amide bonds. The minimum absolute atomic E-state index is 0.0262. The molecule has 146 valence electrons. The molecule has 0 bridgehead atoms. The summed E-state index contributed by atoms with van der Waals surface area (Å²) in [4.78, 5) is 12.5. The fourth-order valence-corrected chi connectivity index (χ4v) is 3.99. The Balaban J connectivity index is 2.33. The molecule has 2 rings (SSSR count). The molecule has 1 aliphatic carbocycles. The van der Waals surface area contributed by atoms with Gasteiger partial charge in [0.15, 0.2) is 0 Å². The maximum atomic E-state index is 14.5. The fourth-order valence-electron chi connectivity index (χ4n) is 2.67. The summed E-state index contributed by atoms with van der Waals surface area (Å²) in [5.74, 6) is -2.82. The zero-order valence-electron chi connectivity index (χ0n) is 15.3. The zero-order chi connectivity index (χ0) is 20.6. The number of aromatic nitrogens is 1. The Labute approximate surface area is 156 Å². The van der Waals surface area contributed by atoms with Crippen LogP contribution in [0.15, 0.2) is 40.5 Å². The van der Waals surface area contributed by atoms with E-state index in [1.165, 1.54) is 30.8 Å². The maximum Gasteiger partial charge on any atom is 0.268 e. The summed E-state index contributed by atoms with van der Waals surface area (Å²) < 4.78 is 56.3. The van der Waals surface area contributed by atoms with Crippen molar-refractivity contribution in [3.8, 4) is 6.07 Å². The van der Waals surface area contributed by atoms with Crippen LogP contribution in [0.25, 0.3) is 0 Å². The number of sulfonamides is 1. The van der Waals surface area contributed by atoms with Gasteiger partial charge < -0.3 is 9.88 Å². The zero-order valence-corrected chi connectivity index (χ0v) is 16.1. The van der Waals surface area contributed by atoms with Gasteiger partial charge in [-0.1, -0.05) is 0 Å². The van der Waals surface area contributed by atoms with E-state index in [1.54, 1.807) is 13.8 Å². The molecular formula is C17H20F2N4O3S. The van der Waals surface area contributed by atoms with Crippen LogP contribution in [-0.2, 0) is 17.1 Å². The molecule has 0 spiro atoms. The lowest BCUT2D eigenvalue weighted by Gasteiger charge is -2.31. The van der Waals surface area contributed by atoms with Crippen LogP contribution in [-0.4, -0.2) is 30.5 Å². The summed E-state index contributed by atoms with van der Waals surface area (Å²) >= 11 is 0. The number of carbonyl (C=O) groups excluding carboxylic acids is 1. The summed E-state index contributed by atoms with van der Waals surface area (Å²) in [7, 11) is -2.34. The normalized spacial score (nSPS) is 20.4. The third kappa shape index (κ3) is 4.09. The van der Waals surface area contributed by atoms with Gasteiger partial charge >= 0.3 is 0 Å². The lowest BCUT2D eigenvalue weighted by molar-refractivity contribution is 0.0900. The largest absolute Gasteiger partial charge is 0.345 e. The van der Waals surface area contributed by atoms with Gasteiger partial charge in [-0.05, 0) is 39.3 Å². The van der Waals surface area contributed by atoms with E-state index in [4.69, 9.17) is 5.26 Å². The summed E-state index contributed by atoms with van der Waals surface area (Å²) in [5, 5.41) is 11.3. The minimum Gasteiger partial charge on any atom is -0.345 e. The number of aryl methyl sites for hydroxylation is 1. The quantitative estimate of drug-likeness (QED) is 0.793. The highest BCUT2D eigenvalue weighted by Gasteiger charge is 2.38. The van der Waals surface area contributed by atoms with Gasteiger partial charge in [0, 0.05) is 19.3 Å². The molecule has 1 heterocycles. The van der Waals surface area contributed by atoms with E-state index in [0.717, 1.165) is 12.1 Å². The van der Waals surface area contributed by atoms with Crippen molar-refractivity contribution in [3.05, 3.63) is 41.3 Å². The van der Waals surface area contributed by atoms with Crippen molar-refractivity contribution in [1.82, 2.24) is 14.6 Å². The molecule has 1 aliphatic rings. The first-order valence-corrected chi connectivity index (χ1v) is 9.57. The highest BCUT2D eigenvalue weighted by atomic mass is 32.2. The predicted molar refractivity (Wildman–Crippen MR) is 94.3 cm³/mol. The van der Waals surface area contributed by atoms with Gasteiger partial charge in [0.2, 0.25) is 10.0 Å². The van der Waals surface area contributed by atoms with Crippen LogP contribution in [0.5, 0.6) is 0 Å². The Morgan fingerprint density at radius 2 is 2.04 bits per heavy atom. The van der Waals surface area contributed by atoms with Crippen molar-refractivity contribution in [3.63, 3.8) is 0 Å². The number of carbonyl (C=O) groups is 1. The molecule has 0 saturated carbocycles. The number of nitrogens with one attached hydrogen (secondary N) is 2. The fraction of sp³-hybridized carbons (Fsp3) is 0.412. The first-order valence-electron chi connectivity index (χ1n) is 8.09. The molecular weight excluding hydrogens is 378 g/mol. The van der Waals surface area contributed by atoms with Gasteiger partial charge in [-0.2, -0.15) is 5.26 Å². The van der Waals surface area contributed by atoms with Crippen molar-refractivity contribution in [2.45, 2.75) is 43.7 Å². The Bertz CT molecular complexity index is 986.